The van der Waals surface area contributed by atoms with Crippen molar-refractivity contribution in [1.29, 1.82) is 0 Å². The van der Waals surface area contributed by atoms with Crippen LogP contribution in [0.3, 0.4) is 0 Å². The Morgan fingerprint density at radius 1 is 0.897 bits per heavy atom. The molecule has 0 heterocycles. The van der Waals surface area contributed by atoms with Gasteiger partial charge in [-0.25, -0.2) is 0 Å². The quantitative estimate of drug-likeness (QED) is 0.373. The van der Waals surface area contributed by atoms with Crippen LogP contribution in [-0.4, -0.2) is 13.5 Å². The van der Waals surface area contributed by atoms with Crippen molar-refractivity contribution in [3.8, 4) is 11.1 Å². The van der Waals surface area contributed by atoms with Gasteiger partial charge >= 0.3 is 186 Å². The number of benzene rings is 2. The Labute approximate surface area is 184 Å². The number of rotatable bonds is 4. The second-order valence-corrected chi connectivity index (χ2v) is 41.4. The number of hydrogen-bond donors (Lipinski definition) is 0. The van der Waals surface area contributed by atoms with E-state index in [0.717, 1.165) is 0 Å². The molecule has 0 saturated carbocycles. The van der Waals surface area contributed by atoms with Gasteiger partial charge in [0.15, 0.2) is 0 Å². The van der Waals surface area contributed by atoms with Crippen LogP contribution in [0.5, 0.6) is 0 Å². The van der Waals surface area contributed by atoms with Crippen LogP contribution in [-0.2, 0) is 17.7 Å². The first kappa shape index (κ1) is 21.5. The Balaban J connectivity index is 1.79. The molecule has 4 heteroatoms. The second kappa shape index (κ2) is 8.08. The third-order valence-corrected chi connectivity index (χ3v) is 41.5. The summed E-state index contributed by atoms with van der Waals surface area (Å²) in [5.41, 5.74) is 5.00. The van der Waals surface area contributed by atoms with Crippen LogP contribution >= 0.6 is 8.51 Å². The minimum absolute atomic E-state index is 0.462. The van der Waals surface area contributed by atoms with Gasteiger partial charge in [-0.15, -0.1) is 0 Å². The molecule has 2 aromatic carbocycles. The number of fused-ring (bicyclic) bond motifs is 1. The molecule has 2 atom stereocenters. The molecule has 0 radical (unpaired) electrons. The Bertz CT molecular complexity index is 1070. The van der Waals surface area contributed by atoms with E-state index in [0.29, 0.717) is 7.25 Å². The first-order valence-electron chi connectivity index (χ1n) is 10.5. The molecule has 0 saturated heterocycles. The molecule has 0 fully saturated rings. The van der Waals surface area contributed by atoms with Crippen molar-refractivity contribution in [1.82, 2.24) is 0 Å². The van der Waals surface area contributed by atoms with Crippen molar-refractivity contribution in [2.45, 2.75) is 40.0 Å². The molecule has 0 nitrogen and oxygen atoms in total. The van der Waals surface area contributed by atoms with Crippen LogP contribution in [0.1, 0.15) is 14.8 Å². The molecule has 0 amide bonds. The third kappa shape index (κ3) is 3.85. The van der Waals surface area contributed by atoms with Crippen molar-refractivity contribution >= 4 is 33.3 Å². The molecule has 0 aromatic heterocycles. The van der Waals surface area contributed by atoms with E-state index in [4.69, 9.17) is 8.51 Å². The van der Waals surface area contributed by atoms with Gasteiger partial charge < -0.3 is 0 Å². The van der Waals surface area contributed by atoms with Crippen molar-refractivity contribution < 1.29 is 17.7 Å². The topological polar surface area (TPSA) is 0 Å². The fourth-order valence-corrected chi connectivity index (χ4v) is 26.8. The van der Waals surface area contributed by atoms with Crippen molar-refractivity contribution in [2.75, 3.05) is 0 Å². The van der Waals surface area contributed by atoms with Gasteiger partial charge in [-0.05, 0) is 0 Å². The summed E-state index contributed by atoms with van der Waals surface area (Å²) < 4.78 is 0.971. The zero-order chi connectivity index (χ0) is 20.8. The summed E-state index contributed by atoms with van der Waals surface area (Å²) in [7, 11) is 6.42. The first-order valence-corrected chi connectivity index (χ1v) is 26.2. The van der Waals surface area contributed by atoms with Crippen molar-refractivity contribution in [3.63, 3.8) is 0 Å². The molecule has 0 spiro atoms. The van der Waals surface area contributed by atoms with Crippen LogP contribution in [0.2, 0.25) is 36.4 Å². The minimum atomic E-state index is -2.97. The fraction of sp³-hybridized carbons (Fsp3) is 0.280. The van der Waals surface area contributed by atoms with Crippen molar-refractivity contribution in [2.24, 2.45) is 0 Å². The molecular weight excluding hydrogens is 483 g/mol. The summed E-state index contributed by atoms with van der Waals surface area (Å²) in [6.07, 6.45) is 13.9. The molecule has 2 unspecified atom stereocenters. The van der Waals surface area contributed by atoms with Crippen LogP contribution in [0.15, 0.2) is 72.8 Å². The van der Waals surface area contributed by atoms with E-state index in [1.807, 2.05) is 0 Å². The Morgan fingerprint density at radius 3 is 2.14 bits per heavy atom. The van der Waals surface area contributed by atoms with Gasteiger partial charge in [0.25, 0.3) is 0 Å². The van der Waals surface area contributed by atoms with Gasteiger partial charge in [0, 0.05) is 0 Å². The molecule has 29 heavy (non-hydrogen) atoms. The van der Waals surface area contributed by atoms with Gasteiger partial charge in [0.2, 0.25) is 0 Å². The number of allylic oxidation sites excluding steroid dienone is 5. The van der Waals surface area contributed by atoms with Crippen LogP contribution in [0.4, 0.5) is 0 Å². The number of halogens is 1. The van der Waals surface area contributed by atoms with Gasteiger partial charge in [-0.1, -0.05) is 0 Å². The summed E-state index contributed by atoms with van der Waals surface area (Å²) in [5.74, 6) is 0. The third-order valence-electron chi connectivity index (χ3n) is 6.44. The van der Waals surface area contributed by atoms with Crippen molar-refractivity contribution in [3.05, 3.63) is 84.0 Å². The van der Waals surface area contributed by atoms with Crippen LogP contribution in [0, 0.1) is 0 Å². The van der Waals surface area contributed by atoms with Gasteiger partial charge in [0.1, 0.15) is 0 Å². The summed E-state index contributed by atoms with van der Waals surface area (Å²) >= 11 is -2.97. The molecule has 0 bridgehead atoms. The van der Waals surface area contributed by atoms with E-state index in [2.05, 4.69) is 112 Å². The van der Waals surface area contributed by atoms with Gasteiger partial charge in [-0.3, -0.25) is 0 Å². The van der Waals surface area contributed by atoms with E-state index in [1.165, 1.54) is 27.4 Å². The molecule has 149 valence electrons. The maximum atomic E-state index is 7.69. The molecule has 4 rings (SSSR count). The van der Waals surface area contributed by atoms with E-state index in [1.54, 1.807) is 0 Å². The molecule has 2 aliphatic carbocycles. The zero-order valence-corrected chi connectivity index (χ0v) is 23.3. The SMILES string of the molecule is C[Si](C)=[Zr]([Cl])([CH]1C=CC=C1)[CH]1C=Cc2c(-c3ccc([Si](C)(C)C)cc3)cccc21. The fourth-order valence-electron chi connectivity index (χ4n) is 4.67. The zero-order valence-electron chi connectivity index (χ0n) is 18.0. The predicted molar refractivity (Wildman–Crippen MR) is 132 cm³/mol. The van der Waals surface area contributed by atoms with E-state index in [9.17, 15) is 0 Å². The summed E-state index contributed by atoms with van der Waals surface area (Å²) in [5, 5.41) is 1.52. The van der Waals surface area contributed by atoms with E-state index >= 15 is 0 Å². The van der Waals surface area contributed by atoms with Gasteiger partial charge in [-0.2, -0.15) is 0 Å². The molecule has 0 aliphatic heterocycles. The first-order chi connectivity index (χ1) is 13.7. The molecular formula is C25H30ClSi2Zr. The summed E-state index contributed by atoms with van der Waals surface area (Å²) in [6.45, 7) is 12.1. The average molecular weight is 513 g/mol. The summed E-state index contributed by atoms with van der Waals surface area (Å²) in [6, 6.07) is 16.2. The molecule has 2 aromatic rings. The Kier molecular flexibility index (Phi) is 5.99. The number of hydrogen-bond acceptors (Lipinski definition) is 0. The normalized spacial score (nSPS) is 20.1. The second-order valence-electron chi connectivity index (χ2n) is 9.54. The Hall–Kier alpha value is -0.733. The average Bonchev–Trinajstić information content (AvgIpc) is 3.37. The maximum absolute atomic E-state index is 7.69. The summed E-state index contributed by atoms with van der Waals surface area (Å²) in [4.78, 5) is 0. The molecule has 0 N–H and O–H groups in total. The Morgan fingerprint density at radius 2 is 1.55 bits per heavy atom. The van der Waals surface area contributed by atoms with Crippen LogP contribution in [0.25, 0.3) is 17.2 Å². The van der Waals surface area contributed by atoms with Crippen LogP contribution < -0.4 is 5.19 Å². The van der Waals surface area contributed by atoms with Gasteiger partial charge in [0.05, 0.1) is 0 Å². The molecule has 2 aliphatic rings. The monoisotopic (exact) mass is 511 g/mol. The van der Waals surface area contributed by atoms with E-state index < -0.39 is 31.2 Å². The van der Waals surface area contributed by atoms with E-state index in [-0.39, 0.29) is 0 Å². The standard InChI is InChI=1S/C18H19Si.C5H5.C2H6Si.ClH.Zr/c1-19(2,3)16-12-10-15(11-13-16)18-9-5-7-14-6-4-8-17(14)18;1-2-4-5-3-1;1-3-2;;/h4-13H,1-3H3;1-5H;1-2H3;1H;/q;;;;+1/p-1. The predicted octanol–water partition coefficient (Wildman–Crippen LogP) is 7.44.